The molecule has 4 heteroatoms. The molecule has 0 saturated heterocycles. The molecule has 2 N–H and O–H groups in total. The van der Waals surface area contributed by atoms with Gasteiger partial charge in [0.1, 0.15) is 11.6 Å². The van der Waals surface area contributed by atoms with Crippen LogP contribution in [0.1, 0.15) is 0 Å². The molecule has 2 aromatic rings. The minimum Gasteiger partial charge on any atom is -0.384 e. The van der Waals surface area contributed by atoms with Crippen LogP contribution in [0.15, 0.2) is 36.5 Å². The summed E-state index contributed by atoms with van der Waals surface area (Å²) >= 11 is 5.97. The van der Waals surface area contributed by atoms with Gasteiger partial charge in [-0.3, -0.25) is 0 Å². The number of hydrogen-bond acceptors (Lipinski definition) is 2. The van der Waals surface area contributed by atoms with Crippen LogP contribution >= 0.6 is 11.6 Å². The summed E-state index contributed by atoms with van der Waals surface area (Å²) in [5, 5.41) is 0.466. The van der Waals surface area contributed by atoms with E-state index in [1.54, 1.807) is 18.2 Å². The van der Waals surface area contributed by atoms with Gasteiger partial charge in [0.2, 0.25) is 0 Å². The van der Waals surface area contributed by atoms with Gasteiger partial charge >= 0.3 is 0 Å². The van der Waals surface area contributed by atoms with E-state index in [9.17, 15) is 4.39 Å². The van der Waals surface area contributed by atoms with Crippen LogP contribution in [0, 0.1) is 5.82 Å². The first-order chi connectivity index (χ1) is 7.16. The molecule has 1 heterocycles. The van der Waals surface area contributed by atoms with E-state index in [-0.39, 0.29) is 5.82 Å². The van der Waals surface area contributed by atoms with Crippen molar-refractivity contribution in [2.24, 2.45) is 0 Å². The summed E-state index contributed by atoms with van der Waals surface area (Å²) in [6.45, 7) is 0. The molecule has 1 aromatic carbocycles. The number of pyridine rings is 1. The van der Waals surface area contributed by atoms with Gasteiger partial charge in [-0.1, -0.05) is 23.7 Å². The van der Waals surface area contributed by atoms with E-state index in [0.717, 1.165) is 0 Å². The highest BCUT2D eigenvalue weighted by molar-refractivity contribution is 6.33. The SMILES string of the molecule is Nc1cc(Cl)c(-c2cccc(F)c2)cn1. The second-order valence-corrected chi connectivity index (χ2v) is 3.51. The van der Waals surface area contributed by atoms with Gasteiger partial charge in [0, 0.05) is 11.8 Å². The number of nitrogens with zero attached hydrogens (tertiary/aromatic N) is 1. The molecule has 0 atom stereocenters. The van der Waals surface area contributed by atoms with Gasteiger partial charge in [-0.25, -0.2) is 9.37 Å². The summed E-state index contributed by atoms with van der Waals surface area (Å²) in [6.07, 6.45) is 1.53. The number of benzene rings is 1. The van der Waals surface area contributed by atoms with Gasteiger partial charge in [0.15, 0.2) is 0 Å². The van der Waals surface area contributed by atoms with Gasteiger partial charge in [-0.05, 0) is 23.8 Å². The molecule has 15 heavy (non-hydrogen) atoms. The summed E-state index contributed by atoms with van der Waals surface area (Å²) in [7, 11) is 0. The highest BCUT2D eigenvalue weighted by atomic mass is 35.5. The number of anilines is 1. The summed E-state index contributed by atoms with van der Waals surface area (Å²) < 4.78 is 13.0. The maximum absolute atomic E-state index is 13.0. The zero-order chi connectivity index (χ0) is 10.8. The van der Waals surface area contributed by atoms with E-state index in [1.165, 1.54) is 18.3 Å². The Labute approximate surface area is 91.5 Å². The lowest BCUT2D eigenvalue weighted by Gasteiger charge is -2.04. The Morgan fingerprint density at radius 2 is 2.07 bits per heavy atom. The Hall–Kier alpha value is -1.61. The van der Waals surface area contributed by atoms with Gasteiger partial charge in [0.05, 0.1) is 5.02 Å². The molecule has 0 aliphatic rings. The zero-order valence-electron chi connectivity index (χ0n) is 7.74. The van der Waals surface area contributed by atoms with Crippen LogP contribution in [0.4, 0.5) is 10.2 Å². The van der Waals surface area contributed by atoms with Crippen LogP contribution in [-0.2, 0) is 0 Å². The van der Waals surface area contributed by atoms with Crippen molar-refractivity contribution < 1.29 is 4.39 Å². The zero-order valence-corrected chi connectivity index (χ0v) is 8.50. The molecular formula is C11H8ClFN2. The first kappa shape index (κ1) is 9.93. The lowest BCUT2D eigenvalue weighted by Crippen LogP contribution is -1.90. The summed E-state index contributed by atoms with van der Waals surface area (Å²) in [5.74, 6) is 0.0422. The fraction of sp³-hybridized carbons (Fsp3) is 0. The Kier molecular flexibility index (Phi) is 2.56. The molecule has 76 valence electrons. The number of aromatic nitrogens is 1. The average molecular weight is 223 g/mol. The summed E-state index contributed by atoms with van der Waals surface area (Å²) in [6, 6.07) is 7.71. The quantitative estimate of drug-likeness (QED) is 0.805. The molecular weight excluding hydrogens is 215 g/mol. The molecule has 0 aliphatic heterocycles. The largest absolute Gasteiger partial charge is 0.384 e. The Morgan fingerprint density at radius 1 is 1.27 bits per heavy atom. The number of rotatable bonds is 1. The van der Waals surface area contributed by atoms with Crippen molar-refractivity contribution >= 4 is 17.4 Å². The molecule has 2 rings (SSSR count). The van der Waals surface area contributed by atoms with Crippen LogP contribution < -0.4 is 5.73 Å². The van der Waals surface area contributed by atoms with Crippen LogP contribution in [-0.4, -0.2) is 4.98 Å². The van der Waals surface area contributed by atoms with E-state index in [1.807, 2.05) is 0 Å². The van der Waals surface area contributed by atoms with E-state index < -0.39 is 0 Å². The number of hydrogen-bond donors (Lipinski definition) is 1. The van der Waals surface area contributed by atoms with Crippen molar-refractivity contribution in [2.45, 2.75) is 0 Å². The second kappa shape index (κ2) is 3.87. The molecule has 0 radical (unpaired) electrons. The van der Waals surface area contributed by atoms with Gasteiger partial charge in [-0.2, -0.15) is 0 Å². The van der Waals surface area contributed by atoms with Crippen LogP contribution in [0.2, 0.25) is 5.02 Å². The van der Waals surface area contributed by atoms with E-state index in [0.29, 0.717) is 22.0 Å². The molecule has 0 saturated carbocycles. The molecule has 0 amide bonds. The number of nitrogen functional groups attached to an aromatic ring is 1. The maximum Gasteiger partial charge on any atom is 0.124 e. The predicted molar refractivity (Wildman–Crippen MR) is 59.1 cm³/mol. The standard InChI is InChI=1S/C11H8ClFN2/c12-10-5-11(14)15-6-9(10)7-2-1-3-8(13)4-7/h1-6H,(H2,14,15). The third kappa shape index (κ3) is 2.07. The minimum atomic E-state index is -0.305. The van der Waals surface area contributed by atoms with Gasteiger partial charge < -0.3 is 5.73 Å². The topological polar surface area (TPSA) is 38.9 Å². The highest BCUT2D eigenvalue weighted by Crippen LogP contribution is 2.28. The van der Waals surface area contributed by atoms with Crippen LogP contribution in [0.5, 0.6) is 0 Å². The Bertz CT molecular complexity index is 500. The first-order valence-corrected chi connectivity index (χ1v) is 4.71. The van der Waals surface area contributed by atoms with E-state index in [4.69, 9.17) is 17.3 Å². The summed E-state index contributed by atoms with van der Waals surface area (Å²) in [5.41, 5.74) is 6.82. The van der Waals surface area contributed by atoms with Crippen molar-refractivity contribution in [3.63, 3.8) is 0 Å². The average Bonchev–Trinajstić information content (AvgIpc) is 2.17. The van der Waals surface area contributed by atoms with Crippen LogP contribution in [0.3, 0.4) is 0 Å². The lowest BCUT2D eigenvalue weighted by molar-refractivity contribution is 0.628. The second-order valence-electron chi connectivity index (χ2n) is 3.10. The lowest BCUT2D eigenvalue weighted by atomic mass is 10.1. The first-order valence-electron chi connectivity index (χ1n) is 4.34. The summed E-state index contributed by atoms with van der Waals surface area (Å²) in [4.78, 5) is 3.92. The van der Waals surface area contributed by atoms with Gasteiger partial charge in [-0.15, -0.1) is 0 Å². The molecule has 0 bridgehead atoms. The van der Waals surface area contributed by atoms with Crippen LogP contribution in [0.25, 0.3) is 11.1 Å². The monoisotopic (exact) mass is 222 g/mol. The van der Waals surface area contributed by atoms with Crippen molar-refractivity contribution in [2.75, 3.05) is 5.73 Å². The molecule has 0 unspecified atom stereocenters. The normalized spacial score (nSPS) is 10.3. The fourth-order valence-electron chi connectivity index (χ4n) is 1.31. The van der Waals surface area contributed by atoms with Gasteiger partial charge in [0.25, 0.3) is 0 Å². The smallest absolute Gasteiger partial charge is 0.124 e. The molecule has 1 aromatic heterocycles. The van der Waals surface area contributed by atoms with Crippen molar-refractivity contribution in [1.82, 2.24) is 4.98 Å². The third-order valence-corrected chi connectivity index (χ3v) is 2.32. The minimum absolute atomic E-state index is 0.305. The molecule has 0 aliphatic carbocycles. The van der Waals surface area contributed by atoms with Crippen molar-refractivity contribution in [1.29, 1.82) is 0 Å². The van der Waals surface area contributed by atoms with Crippen molar-refractivity contribution in [3.05, 3.63) is 47.4 Å². The van der Waals surface area contributed by atoms with Crippen molar-refractivity contribution in [3.8, 4) is 11.1 Å². The Balaban J connectivity index is 2.54. The fourth-order valence-corrected chi connectivity index (χ4v) is 1.58. The highest BCUT2D eigenvalue weighted by Gasteiger charge is 2.05. The number of halogens is 2. The Morgan fingerprint density at radius 3 is 2.73 bits per heavy atom. The molecule has 2 nitrogen and oxygen atoms in total. The predicted octanol–water partition coefficient (Wildman–Crippen LogP) is 3.12. The van der Waals surface area contributed by atoms with E-state index in [2.05, 4.69) is 4.98 Å². The maximum atomic E-state index is 13.0. The van der Waals surface area contributed by atoms with E-state index >= 15 is 0 Å². The third-order valence-electron chi connectivity index (χ3n) is 2.01. The number of nitrogens with two attached hydrogens (primary N) is 1. The molecule has 0 spiro atoms. The molecule has 0 fully saturated rings.